The van der Waals surface area contributed by atoms with Gasteiger partial charge in [0.05, 0.1) is 32.0 Å². The fourth-order valence-corrected chi connectivity index (χ4v) is 13.9. The van der Waals surface area contributed by atoms with Gasteiger partial charge in [-0.25, -0.2) is 4.79 Å². The predicted molar refractivity (Wildman–Crippen MR) is 282 cm³/mol. The van der Waals surface area contributed by atoms with Crippen LogP contribution in [0.3, 0.4) is 0 Å². The third-order valence-electron chi connectivity index (χ3n) is 12.7. The van der Waals surface area contributed by atoms with E-state index in [1.165, 1.54) is 0 Å². The molecule has 0 amide bonds. The monoisotopic (exact) mass is 1000 g/mol. The summed E-state index contributed by atoms with van der Waals surface area (Å²) < 4.78 is 67.8. The van der Waals surface area contributed by atoms with Gasteiger partial charge in [0.1, 0.15) is 57.7 Å². The van der Waals surface area contributed by atoms with Crippen molar-refractivity contribution >= 4 is 24.7 Å². The van der Waals surface area contributed by atoms with Crippen molar-refractivity contribution in [2.45, 2.75) is 88.9 Å². The second-order valence-corrected chi connectivity index (χ2v) is 23.1. The minimum atomic E-state index is -3.49. The number of hydrogen-bond donors (Lipinski definition) is 0. The molecule has 0 aliphatic heterocycles. The first-order valence-corrected chi connectivity index (χ1v) is 26.7. The first kappa shape index (κ1) is 53.2. The van der Waals surface area contributed by atoms with E-state index < -0.39 is 55.9 Å². The van der Waals surface area contributed by atoms with Crippen molar-refractivity contribution in [2.24, 2.45) is 0 Å². The Balaban J connectivity index is 1.26. The molecule has 0 saturated heterocycles. The average Bonchev–Trinajstić information content (AvgIpc) is 3.43. The van der Waals surface area contributed by atoms with E-state index in [0.29, 0.717) is 5.56 Å². The van der Waals surface area contributed by atoms with E-state index in [-0.39, 0.29) is 53.6 Å². The van der Waals surface area contributed by atoms with Gasteiger partial charge in [0.15, 0.2) is 6.10 Å². The molecule has 6 atom stereocenters. The first-order valence-electron chi connectivity index (χ1n) is 24.8. The van der Waals surface area contributed by atoms with E-state index in [1.54, 1.807) is 24.3 Å². The standard InChI is InChI=1S/C61H66O11Si/c1-61(2,3)73(52-35-21-9-22-36-52,53-37-23-10-24-38-53)72-59-56(69-45-65-41-49-29-15-6-16-30-49)54(67-43-63-39-47-25-11-4-12-26-47)55(68-44-64-40-48-27-13-5-14-28-48)58(71-60(62)51-33-19-8-20-34-51)57(59)70-46-66-42-50-31-17-7-18-32-50/h4-38,54-59H,39-46H2,1-3H3/t54-,55-,56-,57-,58+,59-/m1/s1. The topological polar surface area (TPSA) is 109 Å². The van der Waals surface area contributed by atoms with Gasteiger partial charge in [-0.2, -0.15) is 0 Å². The zero-order valence-electron chi connectivity index (χ0n) is 41.8. The summed E-state index contributed by atoms with van der Waals surface area (Å²) in [5.74, 6) is -0.600. The molecule has 0 aromatic heterocycles. The number of esters is 1. The van der Waals surface area contributed by atoms with Gasteiger partial charge in [-0.3, -0.25) is 0 Å². The third-order valence-corrected chi connectivity index (χ3v) is 17.8. The minimum Gasteiger partial charge on any atom is -0.453 e. The normalized spacial score (nSPS) is 19.1. The Morgan fingerprint density at radius 2 is 0.644 bits per heavy atom. The fourth-order valence-electron chi connectivity index (χ4n) is 9.25. The van der Waals surface area contributed by atoms with Crippen LogP contribution in [0, 0.1) is 0 Å². The van der Waals surface area contributed by atoms with Gasteiger partial charge in [0, 0.05) is 0 Å². The minimum absolute atomic E-state index is 0.173. The van der Waals surface area contributed by atoms with Gasteiger partial charge in [0.2, 0.25) is 0 Å². The van der Waals surface area contributed by atoms with Crippen molar-refractivity contribution in [3.63, 3.8) is 0 Å². The Morgan fingerprint density at radius 1 is 0.370 bits per heavy atom. The number of rotatable bonds is 26. The van der Waals surface area contributed by atoms with E-state index >= 15 is 0 Å². The number of benzene rings is 7. The first-order chi connectivity index (χ1) is 35.8. The average molecular weight is 1000 g/mol. The molecule has 1 fully saturated rings. The molecule has 12 heteroatoms. The maximum atomic E-state index is 14.6. The van der Waals surface area contributed by atoms with Crippen LogP contribution in [-0.4, -0.2) is 78.1 Å². The van der Waals surface area contributed by atoms with Crippen molar-refractivity contribution in [1.82, 2.24) is 0 Å². The van der Waals surface area contributed by atoms with Crippen LogP contribution in [0.25, 0.3) is 0 Å². The molecule has 0 unspecified atom stereocenters. The van der Waals surface area contributed by atoms with E-state index in [1.807, 2.05) is 164 Å². The Bertz CT molecular complexity index is 2590. The van der Waals surface area contributed by atoms with Crippen LogP contribution in [0.1, 0.15) is 53.4 Å². The molecule has 1 aliphatic carbocycles. The second kappa shape index (κ2) is 27.2. The Hall–Kier alpha value is -6.13. The summed E-state index contributed by atoms with van der Waals surface area (Å²) in [4.78, 5) is 14.6. The zero-order chi connectivity index (χ0) is 50.6. The largest absolute Gasteiger partial charge is 0.453 e. The van der Waals surface area contributed by atoms with Crippen LogP contribution < -0.4 is 10.4 Å². The van der Waals surface area contributed by atoms with Crippen molar-refractivity contribution < 1.29 is 51.9 Å². The molecular formula is C61H66O11Si. The smallest absolute Gasteiger partial charge is 0.338 e. The van der Waals surface area contributed by atoms with Crippen LogP contribution in [-0.2, 0) is 73.5 Å². The lowest BCUT2D eigenvalue weighted by molar-refractivity contribution is -0.302. The van der Waals surface area contributed by atoms with Crippen molar-refractivity contribution in [3.8, 4) is 0 Å². The molecule has 0 heterocycles. The highest BCUT2D eigenvalue weighted by Crippen LogP contribution is 2.42. The molecule has 0 radical (unpaired) electrons. The van der Waals surface area contributed by atoms with Gasteiger partial charge in [0.25, 0.3) is 8.32 Å². The van der Waals surface area contributed by atoms with E-state index in [9.17, 15) is 4.79 Å². The maximum Gasteiger partial charge on any atom is 0.338 e. The summed E-state index contributed by atoms with van der Waals surface area (Å²) in [5, 5.41) is 1.52. The number of carbonyl (C=O) groups excluding carboxylic acids is 1. The third kappa shape index (κ3) is 14.6. The van der Waals surface area contributed by atoms with Crippen LogP contribution in [0.2, 0.25) is 5.04 Å². The van der Waals surface area contributed by atoms with Gasteiger partial charge in [-0.05, 0) is 49.8 Å². The molecule has 11 nitrogen and oxygen atoms in total. The molecule has 7 aromatic carbocycles. The number of carbonyl (C=O) groups is 1. The Kier molecular flexibility index (Phi) is 19.8. The fraction of sp³-hybridized carbons (Fsp3) is 0.295. The maximum absolute atomic E-state index is 14.6. The molecule has 0 N–H and O–H groups in total. The molecule has 0 spiro atoms. The summed E-state index contributed by atoms with van der Waals surface area (Å²) >= 11 is 0. The Morgan fingerprint density at radius 3 is 0.973 bits per heavy atom. The summed E-state index contributed by atoms with van der Waals surface area (Å²) in [7, 11) is -3.49. The SMILES string of the molecule is CC(C)(C)[Si](O[C@@H]1[C@H](OCOCc2ccccc2)[C@H](OCOCc2ccccc2)[C@@H](OCOCc2ccccc2)[C@H](OC(=O)c2ccccc2)[C@H]1OCOCc1ccccc1)(c1ccccc1)c1ccccc1. The molecule has 73 heavy (non-hydrogen) atoms. The van der Waals surface area contributed by atoms with Crippen LogP contribution in [0.15, 0.2) is 212 Å². The lowest BCUT2D eigenvalue weighted by atomic mass is 9.84. The van der Waals surface area contributed by atoms with Gasteiger partial charge in [-0.1, -0.05) is 221 Å². The summed E-state index contributed by atoms with van der Waals surface area (Å²) in [6.45, 7) is 6.89. The summed E-state index contributed by atoms with van der Waals surface area (Å²) in [6.07, 6.45) is -6.50. The van der Waals surface area contributed by atoms with Crippen molar-refractivity contribution in [1.29, 1.82) is 0 Å². The summed E-state index contributed by atoms with van der Waals surface area (Å²) in [5.41, 5.74) is 4.18. The Labute approximate surface area is 431 Å². The lowest BCUT2D eigenvalue weighted by Gasteiger charge is -2.53. The highest BCUT2D eigenvalue weighted by atomic mass is 28.4. The predicted octanol–water partition coefficient (Wildman–Crippen LogP) is 10.4. The van der Waals surface area contributed by atoms with Gasteiger partial charge >= 0.3 is 5.97 Å². The second-order valence-electron chi connectivity index (χ2n) is 18.8. The quantitative estimate of drug-likeness (QED) is 0.0224. The summed E-state index contributed by atoms with van der Waals surface area (Å²) in [6, 6.07) is 68.9. The molecular weight excluding hydrogens is 937 g/mol. The molecule has 0 bridgehead atoms. The molecule has 7 aromatic rings. The molecule has 380 valence electrons. The highest BCUT2D eigenvalue weighted by Gasteiger charge is 2.61. The lowest BCUT2D eigenvalue weighted by Crippen LogP contribution is -2.74. The number of hydrogen-bond acceptors (Lipinski definition) is 11. The molecule has 1 saturated carbocycles. The van der Waals surface area contributed by atoms with Gasteiger partial charge < -0.3 is 47.1 Å². The van der Waals surface area contributed by atoms with Crippen LogP contribution in [0.4, 0.5) is 0 Å². The molecule has 8 rings (SSSR count). The highest BCUT2D eigenvalue weighted by molar-refractivity contribution is 6.99. The van der Waals surface area contributed by atoms with Gasteiger partial charge in [-0.15, -0.1) is 0 Å². The molecule has 1 aliphatic rings. The van der Waals surface area contributed by atoms with E-state index in [2.05, 4.69) is 45.0 Å². The zero-order valence-corrected chi connectivity index (χ0v) is 42.8. The van der Waals surface area contributed by atoms with E-state index in [0.717, 1.165) is 32.6 Å². The van der Waals surface area contributed by atoms with E-state index in [4.69, 9.17) is 47.1 Å². The van der Waals surface area contributed by atoms with Crippen molar-refractivity contribution in [2.75, 3.05) is 27.2 Å². The van der Waals surface area contributed by atoms with Crippen LogP contribution in [0.5, 0.6) is 0 Å². The number of ether oxygens (including phenoxy) is 9. The van der Waals surface area contributed by atoms with Crippen molar-refractivity contribution in [3.05, 3.63) is 240 Å². The van der Waals surface area contributed by atoms with Crippen LogP contribution >= 0.6 is 0 Å².